The SMILES string of the molecule is COc1ccc2c(c1)c(C(C)(C)[C@@H](C(=O)NC(C(=O)N(C)[C@H](/C=C(\C)C(=O)ON1C(=O)CCC1=O)C(C)C)C(C)(C)C)N(C)C(=O)OC(C)(C)C)cn2C. The summed E-state index contributed by atoms with van der Waals surface area (Å²) in [5.74, 6) is -2.69. The summed E-state index contributed by atoms with van der Waals surface area (Å²) in [5.41, 5.74) is -0.951. The van der Waals surface area contributed by atoms with Crippen LogP contribution < -0.4 is 10.1 Å². The predicted molar refractivity (Wildman–Crippen MR) is 204 cm³/mol. The van der Waals surface area contributed by atoms with Crippen molar-refractivity contribution in [3.05, 3.63) is 41.6 Å². The average molecular weight is 754 g/mol. The summed E-state index contributed by atoms with van der Waals surface area (Å²) in [6.45, 7) is 19.7. The Morgan fingerprint density at radius 3 is 2.00 bits per heavy atom. The number of carbonyl (C=O) groups is 6. The van der Waals surface area contributed by atoms with Gasteiger partial charge in [-0.15, -0.1) is 5.06 Å². The number of hydrogen-bond donors (Lipinski definition) is 1. The summed E-state index contributed by atoms with van der Waals surface area (Å²) >= 11 is 0. The Balaban J connectivity index is 2.06. The lowest BCUT2D eigenvalue weighted by Crippen LogP contribution is -2.63. The summed E-state index contributed by atoms with van der Waals surface area (Å²) in [4.78, 5) is 87.8. The van der Waals surface area contributed by atoms with Gasteiger partial charge in [0.25, 0.3) is 11.8 Å². The van der Waals surface area contributed by atoms with Crippen molar-refractivity contribution in [1.82, 2.24) is 24.7 Å². The van der Waals surface area contributed by atoms with Crippen molar-refractivity contribution in [3.8, 4) is 5.75 Å². The minimum atomic E-state index is -1.17. The lowest BCUT2D eigenvalue weighted by Gasteiger charge is -2.42. The molecule has 1 aromatic heterocycles. The van der Waals surface area contributed by atoms with Crippen LogP contribution in [0.5, 0.6) is 5.75 Å². The van der Waals surface area contributed by atoms with Gasteiger partial charge >= 0.3 is 12.1 Å². The number of nitrogens with zero attached hydrogens (tertiary/aromatic N) is 4. The van der Waals surface area contributed by atoms with E-state index in [1.54, 1.807) is 41.0 Å². The number of likely N-dealkylation sites (N-methyl/N-ethyl adjacent to an activating group) is 2. The third kappa shape index (κ3) is 9.61. The van der Waals surface area contributed by atoms with Gasteiger partial charge in [0.15, 0.2) is 0 Å². The van der Waals surface area contributed by atoms with Gasteiger partial charge in [0.1, 0.15) is 23.4 Å². The van der Waals surface area contributed by atoms with Crippen LogP contribution in [0.1, 0.15) is 94.6 Å². The largest absolute Gasteiger partial charge is 0.497 e. The number of rotatable bonds is 12. The summed E-state index contributed by atoms with van der Waals surface area (Å²) < 4.78 is 13.2. The molecule has 1 unspecified atom stereocenters. The van der Waals surface area contributed by atoms with Crippen molar-refractivity contribution in [3.63, 3.8) is 0 Å². The lowest BCUT2D eigenvalue weighted by atomic mass is 9.76. The molecule has 2 aromatic rings. The van der Waals surface area contributed by atoms with E-state index < -0.39 is 70.2 Å². The number of imide groups is 1. The molecule has 3 atom stereocenters. The normalized spacial score (nSPS) is 15.9. The molecule has 0 bridgehead atoms. The summed E-state index contributed by atoms with van der Waals surface area (Å²) in [7, 11) is 6.57. The summed E-state index contributed by atoms with van der Waals surface area (Å²) in [5, 5.41) is 4.32. The Bertz CT molecular complexity index is 1800. The first-order chi connectivity index (χ1) is 24.7. The first-order valence-corrected chi connectivity index (χ1v) is 18.2. The fourth-order valence-corrected chi connectivity index (χ4v) is 6.69. The van der Waals surface area contributed by atoms with Crippen LogP contribution in [0.2, 0.25) is 0 Å². The van der Waals surface area contributed by atoms with Crippen LogP contribution in [0.3, 0.4) is 0 Å². The van der Waals surface area contributed by atoms with Crippen LogP contribution in [0, 0.1) is 11.3 Å². The second-order valence-electron chi connectivity index (χ2n) is 17.1. The highest BCUT2D eigenvalue weighted by molar-refractivity contribution is 6.02. The molecule has 0 radical (unpaired) electrons. The molecule has 1 aliphatic rings. The van der Waals surface area contributed by atoms with Crippen molar-refractivity contribution in [1.29, 1.82) is 0 Å². The van der Waals surface area contributed by atoms with E-state index in [-0.39, 0.29) is 24.3 Å². The number of aromatic nitrogens is 1. The molecule has 0 saturated carbocycles. The van der Waals surface area contributed by atoms with Gasteiger partial charge in [-0.05, 0) is 62.8 Å². The minimum Gasteiger partial charge on any atom is -0.497 e. The Morgan fingerprint density at radius 1 is 0.926 bits per heavy atom. The number of hydrogen-bond acceptors (Lipinski definition) is 9. The second-order valence-corrected chi connectivity index (χ2v) is 17.1. The predicted octanol–water partition coefficient (Wildman–Crippen LogP) is 5.27. The molecule has 0 aliphatic carbocycles. The van der Waals surface area contributed by atoms with Crippen LogP contribution in [-0.2, 0) is 46.0 Å². The fraction of sp³-hybridized carbons (Fsp3) is 0.600. The molecule has 1 aromatic carbocycles. The van der Waals surface area contributed by atoms with Crippen molar-refractivity contribution >= 4 is 46.6 Å². The maximum Gasteiger partial charge on any atom is 0.410 e. The Kier molecular flexibility index (Phi) is 13.1. The number of carbonyl (C=O) groups excluding carboxylic acids is 6. The quantitative estimate of drug-likeness (QED) is 0.225. The monoisotopic (exact) mass is 753 g/mol. The molecular formula is C40H59N5O9. The first kappa shape index (κ1) is 43.5. The highest BCUT2D eigenvalue weighted by atomic mass is 16.7. The van der Waals surface area contributed by atoms with Crippen LogP contribution in [0.4, 0.5) is 4.79 Å². The molecule has 1 fully saturated rings. The summed E-state index contributed by atoms with van der Waals surface area (Å²) in [6.07, 6.45) is 2.69. The average Bonchev–Trinajstić information content (AvgIpc) is 3.57. The van der Waals surface area contributed by atoms with E-state index in [2.05, 4.69) is 5.32 Å². The number of amides is 5. The lowest BCUT2D eigenvalue weighted by molar-refractivity contribution is -0.194. The Labute approximate surface area is 319 Å². The van der Waals surface area contributed by atoms with Gasteiger partial charge in [-0.2, -0.15) is 0 Å². The van der Waals surface area contributed by atoms with Gasteiger partial charge < -0.3 is 29.1 Å². The molecule has 14 nitrogen and oxygen atoms in total. The van der Waals surface area contributed by atoms with Gasteiger partial charge in [-0.1, -0.05) is 54.5 Å². The van der Waals surface area contributed by atoms with Crippen LogP contribution in [0.25, 0.3) is 10.9 Å². The van der Waals surface area contributed by atoms with Crippen LogP contribution in [0.15, 0.2) is 36.0 Å². The smallest absolute Gasteiger partial charge is 0.410 e. The van der Waals surface area contributed by atoms with Crippen LogP contribution in [-0.4, -0.2) is 100 Å². The molecule has 298 valence electrons. The highest BCUT2D eigenvalue weighted by Crippen LogP contribution is 2.38. The van der Waals surface area contributed by atoms with Crippen LogP contribution >= 0.6 is 0 Å². The summed E-state index contributed by atoms with van der Waals surface area (Å²) in [6, 6.07) is 2.77. The molecular weight excluding hydrogens is 694 g/mol. The van der Waals surface area contributed by atoms with E-state index in [1.165, 1.54) is 23.8 Å². The van der Waals surface area contributed by atoms with E-state index in [1.807, 2.05) is 84.5 Å². The van der Waals surface area contributed by atoms with Crippen molar-refractivity contribution < 1.29 is 43.1 Å². The third-order valence-corrected chi connectivity index (χ3v) is 9.69. The van der Waals surface area contributed by atoms with Gasteiger partial charge in [0.2, 0.25) is 11.8 Å². The Morgan fingerprint density at radius 2 is 1.50 bits per heavy atom. The van der Waals surface area contributed by atoms with E-state index in [0.29, 0.717) is 10.8 Å². The molecule has 0 spiro atoms. The molecule has 1 saturated heterocycles. The molecule has 2 heterocycles. The molecule has 5 amide bonds. The minimum absolute atomic E-state index is 0.0388. The maximum atomic E-state index is 14.8. The molecule has 54 heavy (non-hydrogen) atoms. The van der Waals surface area contributed by atoms with E-state index in [4.69, 9.17) is 14.3 Å². The fourth-order valence-electron chi connectivity index (χ4n) is 6.69. The number of ether oxygens (including phenoxy) is 2. The van der Waals surface area contributed by atoms with Gasteiger partial charge in [-0.25, -0.2) is 9.59 Å². The van der Waals surface area contributed by atoms with E-state index in [9.17, 15) is 28.8 Å². The van der Waals surface area contributed by atoms with E-state index >= 15 is 0 Å². The van der Waals surface area contributed by atoms with Crippen molar-refractivity contribution in [2.24, 2.45) is 18.4 Å². The standard InChI is InChI=1S/C40H59N5O9/c1-23(2)29(20-24(3)36(50)54-45-30(46)18-19-31(45)47)43(13)35(49)32(38(4,5)6)41-34(48)33(44(14)37(51)53-39(7,8)9)40(10,11)27-22-42(12)28-17-16-25(52-15)21-26(27)28/h16-17,20-23,29,32-33H,18-19H2,1-15H3,(H,41,48)/b24-20+/t29-,32?,33-/m1/s1. The maximum absolute atomic E-state index is 14.8. The number of hydroxylamine groups is 2. The second kappa shape index (κ2) is 16.2. The number of benzene rings is 1. The van der Waals surface area contributed by atoms with Crippen molar-refractivity contribution in [2.75, 3.05) is 21.2 Å². The number of nitrogens with one attached hydrogen (secondary N) is 1. The van der Waals surface area contributed by atoms with Crippen molar-refractivity contribution in [2.45, 2.75) is 118 Å². The molecule has 1 aliphatic heterocycles. The third-order valence-electron chi connectivity index (χ3n) is 9.69. The zero-order valence-electron chi connectivity index (χ0n) is 34.6. The zero-order valence-corrected chi connectivity index (χ0v) is 34.6. The molecule has 3 rings (SSSR count). The molecule has 1 N–H and O–H groups in total. The Hall–Kier alpha value is -4.88. The number of methoxy groups -OCH3 is 1. The zero-order chi connectivity index (χ0) is 41.2. The van der Waals surface area contributed by atoms with Gasteiger partial charge in [0, 0.05) is 62.1 Å². The molecule has 14 heteroatoms. The number of fused-ring (bicyclic) bond motifs is 1. The topological polar surface area (TPSA) is 157 Å². The van der Waals surface area contributed by atoms with Gasteiger partial charge in [0.05, 0.1) is 13.2 Å². The van der Waals surface area contributed by atoms with E-state index in [0.717, 1.165) is 16.5 Å². The highest BCUT2D eigenvalue weighted by Gasteiger charge is 2.47. The van der Waals surface area contributed by atoms with Gasteiger partial charge in [-0.3, -0.25) is 24.1 Å². The number of aryl methyl sites for hydroxylation is 1. The first-order valence-electron chi connectivity index (χ1n) is 18.2.